The molecule has 0 aliphatic carbocycles. The van der Waals surface area contributed by atoms with E-state index in [1.54, 1.807) is 0 Å². The second kappa shape index (κ2) is 57.5. The first-order valence-electron chi connectivity index (χ1n) is 0. The molecule has 0 unspecified atom stereocenters. The Kier molecular flexibility index (Phi) is 1190. The van der Waals surface area contributed by atoms with Gasteiger partial charge in [-0.1, -0.05) is 0 Å². The standard InChI is InChI=1S/3FH.Mn.Na/h3*1H;;/q;;;+2;+1/p-3. The molecular formula is F3MnNa. The van der Waals surface area contributed by atoms with E-state index in [0.29, 0.717) is 0 Å². The van der Waals surface area contributed by atoms with Crippen LogP contribution in [0, 0.1) is 0 Å². The summed E-state index contributed by atoms with van der Waals surface area (Å²) in [4.78, 5) is 0. The van der Waals surface area contributed by atoms with Gasteiger partial charge in [0.05, 0.1) is 0 Å². The van der Waals surface area contributed by atoms with Gasteiger partial charge in [-0.3, -0.25) is 0 Å². The fourth-order valence-corrected chi connectivity index (χ4v) is 0. The van der Waals surface area contributed by atoms with E-state index < -0.39 is 0 Å². The van der Waals surface area contributed by atoms with Gasteiger partial charge in [-0.15, -0.1) is 0 Å². The molecule has 0 bridgehead atoms. The molecule has 0 fully saturated rings. The molecule has 0 N–H and O–H groups in total. The zero-order chi connectivity index (χ0) is 0. The molecule has 29 valence electrons. The maximum Gasteiger partial charge on any atom is 2.00 e. The van der Waals surface area contributed by atoms with Gasteiger partial charge in [-0.2, -0.15) is 0 Å². The van der Waals surface area contributed by atoms with Crippen molar-refractivity contribution in [1.29, 1.82) is 0 Å². The van der Waals surface area contributed by atoms with Gasteiger partial charge in [0.15, 0.2) is 0 Å². The first-order valence-corrected chi connectivity index (χ1v) is 0. The quantitative estimate of drug-likeness (QED) is 0.289. The molecule has 5 heteroatoms. The third kappa shape index (κ3) is 33.9. The molecule has 0 atom stereocenters. The van der Waals surface area contributed by atoms with Gasteiger partial charge < -0.3 is 14.1 Å². The Morgan fingerprint density at radius 1 is 0.600 bits per heavy atom. The van der Waals surface area contributed by atoms with Gasteiger partial charge >= 0.3 is 46.6 Å². The van der Waals surface area contributed by atoms with E-state index in [1.165, 1.54) is 0 Å². The van der Waals surface area contributed by atoms with Gasteiger partial charge in [0.25, 0.3) is 0 Å². The van der Waals surface area contributed by atoms with E-state index in [9.17, 15) is 0 Å². The first kappa shape index (κ1) is 104. The monoisotopic (exact) mass is 135 g/mol. The summed E-state index contributed by atoms with van der Waals surface area (Å²) >= 11 is 0. The Morgan fingerprint density at radius 2 is 0.600 bits per heavy atom. The third-order valence-electron chi connectivity index (χ3n) is 0. The van der Waals surface area contributed by atoms with Crippen LogP contribution >= 0.6 is 0 Å². The van der Waals surface area contributed by atoms with Crippen molar-refractivity contribution in [3.63, 3.8) is 0 Å². The number of hydrogen-bond acceptors (Lipinski definition) is 0. The molecule has 0 aliphatic rings. The minimum absolute atomic E-state index is 0. The molecule has 5 heavy (non-hydrogen) atoms. The average Bonchev–Trinajstić information content (AvgIpc) is 0. The van der Waals surface area contributed by atoms with Gasteiger partial charge in [-0.25, -0.2) is 0 Å². The molecular weight excluding hydrogens is 135 g/mol. The van der Waals surface area contributed by atoms with Gasteiger partial charge in [0, 0.05) is 0 Å². The Hall–Kier alpha value is 1.31. The second-order valence-corrected chi connectivity index (χ2v) is 0. The molecule has 0 saturated carbocycles. The predicted molar refractivity (Wildman–Crippen MR) is 0 cm³/mol. The summed E-state index contributed by atoms with van der Waals surface area (Å²) in [5.74, 6) is 0. The molecule has 0 saturated heterocycles. The molecule has 0 nitrogen and oxygen atoms in total. The van der Waals surface area contributed by atoms with Crippen LogP contribution in [0.1, 0.15) is 0 Å². The van der Waals surface area contributed by atoms with Crippen molar-refractivity contribution in [1.82, 2.24) is 0 Å². The zero-order valence-corrected chi connectivity index (χ0v) is 5.69. The van der Waals surface area contributed by atoms with Crippen molar-refractivity contribution in [2.24, 2.45) is 0 Å². The van der Waals surface area contributed by atoms with Gasteiger partial charge in [-0.05, 0) is 0 Å². The Balaban J connectivity index is 0. The SMILES string of the molecule is [F-].[F-].[F-].[Mn+2].[Na+]. The van der Waals surface area contributed by atoms with Crippen LogP contribution in [-0.4, -0.2) is 0 Å². The third-order valence-corrected chi connectivity index (χ3v) is 0. The molecule has 0 aromatic rings. The fourth-order valence-electron chi connectivity index (χ4n) is 0. The van der Waals surface area contributed by atoms with E-state index in [1.807, 2.05) is 0 Å². The van der Waals surface area contributed by atoms with Crippen LogP contribution < -0.4 is 43.7 Å². The minimum Gasteiger partial charge on any atom is -1.00 e. The van der Waals surface area contributed by atoms with Crippen molar-refractivity contribution in [3.8, 4) is 0 Å². The molecule has 0 aromatic heterocycles. The smallest absolute Gasteiger partial charge is 1.00 e. The van der Waals surface area contributed by atoms with Crippen molar-refractivity contribution in [2.45, 2.75) is 0 Å². The topological polar surface area (TPSA) is 0 Å². The van der Waals surface area contributed by atoms with E-state index >= 15 is 0 Å². The second-order valence-electron chi connectivity index (χ2n) is 0. The van der Waals surface area contributed by atoms with E-state index in [0.717, 1.165) is 0 Å². The van der Waals surface area contributed by atoms with Crippen LogP contribution in [0.15, 0.2) is 0 Å². The van der Waals surface area contributed by atoms with Crippen LogP contribution in [0.4, 0.5) is 0 Å². The van der Waals surface area contributed by atoms with Crippen LogP contribution in [0.2, 0.25) is 0 Å². The van der Waals surface area contributed by atoms with Crippen molar-refractivity contribution in [2.75, 3.05) is 0 Å². The maximum absolute atomic E-state index is 0. The Bertz CT molecular complexity index is 6.85. The predicted octanol–water partition coefficient (Wildman–Crippen LogP) is -12.0. The van der Waals surface area contributed by atoms with E-state index in [4.69, 9.17) is 0 Å². The van der Waals surface area contributed by atoms with Crippen molar-refractivity contribution >= 4 is 0 Å². The number of rotatable bonds is 0. The summed E-state index contributed by atoms with van der Waals surface area (Å²) in [6.07, 6.45) is 0. The molecule has 0 spiro atoms. The summed E-state index contributed by atoms with van der Waals surface area (Å²) in [7, 11) is 0. The normalized spacial score (nSPS) is 0. The molecule has 0 amide bonds. The molecule has 0 aromatic carbocycles. The largest absolute Gasteiger partial charge is 2.00 e. The minimum atomic E-state index is 0. The van der Waals surface area contributed by atoms with Gasteiger partial charge in [0.1, 0.15) is 0 Å². The Labute approximate surface area is 60.6 Å². The molecule has 0 heterocycles. The molecule has 1 radical (unpaired) electrons. The summed E-state index contributed by atoms with van der Waals surface area (Å²) in [6.45, 7) is 0. The van der Waals surface area contributed by atoms with Crippen molar-refractivity contribution in [3.05, 3.63) is 0 Å². The van der Waals surface area contributed by atoms with Crippen LogP contribution in [0.25, 0.3) is 0 Å². The summed E-state index contributed by atoms with van der Waals surface area (Å²) in [5, 5.41) is 0. The number of hydrogen-bond donors (Lipinski definition) is 0. The number of halogens is 3. The van der Waals surface area contributed by atoms with Crippen LogP contribution in [-0.2, 0) is 17.1 Å². The average molecular weight is 135 g/mol. The summed E-state index contributed by atoms with van der Waals surface area (Å²) < 4.78 is 0. The summed E-state index contributed by atoms with van der Waals surface area (Å²) in [5.41, 5.74) is 0. The zero-order valence-electron chi connectivity index (χ0n) is 2.51. The molecule has 0 rings (SSSR count). The van der Waals surface area contributed by atoms with Crippen LogP contribution in [0.5, 0.6) is 0 Å². The van der Waals surface area contributed by atoms with E-state index in [2.05, 4.69) is 0 Å². The molecule has 0 aliphatic heterocycles. The maximum atomic E-state index is 0. The van der Waals surface area contributed by atoms with Crippen LogP contribution in [0.3, 0.4) is 0 Å². The van der Waals surface area contributed by atoms with E-state index in [-0.39, 0.29) is 60.7 Å². The fraction of sp³-hybridized carbons (Fsp3) is 0. The van der Waals surface area contributed by atoms with Gasteiger partial charge in [0.2, 0.25) is 0 Å². The van der Waals surface area contributed by atoms with Crippen molar-refractivity contribution < 1.29 is 60.7 Å². The first-order chi connectivity index (χ1) is 0. The summed E-state index contributed by atoms with van der Waals surface area (Å²) in [6, 6.07) is 0. The Morgan fingerprint density at radius 3 is 0.600 bits per heavy atom.